The van der Waals surface area contributed by atoms with E-state index in [0.29, 0.717) is 0 Å². The normalized spacial score (nSPS) is 1.20. The topological polar surface area (TPSA) is 51.6 Å². The van der Waals surface area contributed by atoms with Crippen molar-refractivity contribution in [2.45, 2.75) is 0 Å². The van der Waals surface area contributed by atoms with Crippen molar-refractivity contribution < 1.29 is 10.6 Å². The SMILES string of the molecule is C[O-].[Mg+2].[Mg+2].[O-2]. The van der Waals surface area contributed by atoms with Gasteiger partial charge in [-0.25, -0.2) is 0 Å². The molecule has 4 heteroatoms. The van der Waals surface area contributed by atoms with Gasteiger partial charge in [0.1, 0.15) is 0 Å². The molecule has 22 valence electrons. The van der Waals surface area contributed by atoms with E-state index in [9.17, 15) is 0 Å². The summed E-state index contributed by atoms with van der Waals surface area (Å²) in [6.07, 6.45) is 0. The van der Waals surface area contributed by atoms with Crippen LogP contribution in [0.4, 0.5) is 0 Å². The number of rotatable bonds is 0. The van der Waals surface area contributed by atoms with E-state index in [2.05, 4.69) is 0 Å². The summed E-state index contributed by atoms with van der Waals surface area (Å²) in [6.45, 7) is 0. The van der Waals surface area contributed by atoms with E-state index < -0.39 is 0 Å². The number of hydrogen-bond donors (Lipinski definition) is 0. The van der Waals surface area contributed by atoms with E-state index in [1.165, 1.54) is 0 Å². The molecule has 0 aromatic heterocycles. The largest absolute Gasteiger partial charge is 2.00 e. The molecule has 0 rings (SSSR count). The Morgan fingerprint density at radius 3 is 1.00 bits per heavy atom. The maximum Gasteiger partial charge on any atom is 2.00 e. The Morgan fingerprint density at radius 2 is 1.00 bits per heavy atom. The van der Waals surface area contributed by atoms with Crippen molar-refractivity contribution in [1.82, 2.24) is 0 Å². The molecule has 0 amide bonds. The van der Waals surface area contributed by atoms with Gasteiger partial charge in [-0.1, -0.05) is 0 Å². The second kappa shape index (κ2) is 51.2. The number of hydrogen-bond acceptors (Lipinski definition) is 1. The molecule has 0 fully saturated rings. The van der Waals surface area contributed by atoms with Crippen molar-refractivity contribution in [1.29, 1.82) is 0 Å². The minimum atomic E-state index is 0. The molecule has 0 spiro atoms. The summed E-state index contributed by atoms with van der Waals surface area (Å²) >= 11 is 0. The third-order valence-electron chi connectivity index (χ3n) is 0. The second-order valence-electron chi connectivity index (χ2n) is 0. The molecule has 0 bridgehead atoms. The van der Waals surface area contributed by atoms with Crippen LogP contribution in [-0.4, -0.2) is 53.2 Å². The summed E-state index contributed by atoms with van der Waals surface area (Å²) in [6, 6.07) is 0. The molecule has 0 aliphatic rings. The van der Waals surface area contributed by atoms with E-state index in [4.69, 9.17) is 5.11 Å². The van der Waals surface area contributed by atoms with Gasteiger partial charge in [0.05, 0.1) is 0 Å². The van der Waals surface area contributed by atoms with E-state index in [1.807, 2.05) is 0 Å². The van der Waals surface area contributed by atoms with Gasteiger partial charge in [-0.05, 0) is 0 Å². The van der Waals surface area contributed by atoms with Crippen LogP contribution in [0.3, 0.4) is 0 Å². The molecule has 0 atom stereocenters. The van der Waals surface area contributed by atoms with Gasteiger partial charge in [0.2, 0.25) is 0 Å². The van der Waals surface area contributed by atoms with E-state index in [-0.39, 0.29) is 51.6 Å². The Kier molecular flexibility index (Phi) is 327. The first-order valence-corrected chi connectivity index (χ1v) is 0.408. The molecule has 0 heterocycles. The monoisotopic (exact) mass is 95.0 g/mol. The van der Waals surface area contributed by atoms with Crippen LogP contribution in [0.25, 0.3) is 0 Å². The Bertz CT molecular complexity index is 7.61. The third-order valence-corrected chi connectivity index (χ3v) is 0. The summed E-state index contributed by atoms with van der Waals surface area (Å²) in [5.41, 5.74) is 0. The van der Waals surface area contributed by atoms with Crippen LogP contribution in [-0.2, 0) is 5.48 Å². The maximum absolute atomic E-state index is 8.25. The van der Waals surface area contributed by atoms with Crippen LogP contribution in [0, 0.1) is 0 Å². The van der Waals surface area contributed by atoms with Crippen LogP contribution >= 0.6 is 0 Å². The Labute approximate surface area is 63.6 Å². The summed E-state index contributed by atoms with van der Waals surface area (Å²) < 4.78 is 0. The maximum atomic E-state index is 8.25. The first kappa shape index (κ1) is 31.9. The van der Waals surface area contributed by atoms with Crippen LogP contribution in [0.15, 0.2) is 0 Å². The first-order chi connectivity index (χ1) is 1.00. The van der Waals surface area contributed by atoms with Crippen LogP contribution in [0.2, 0.25) is 0 Å². The molecule has 0 aliphatic carbocycles. The molecular weight excluding hydrogens is 92.6 g/mol. The van der Waals surface area contributed by atoms with E-state index in [0.717, 1.165) is 7.11 Å². The van der Waals surface area contributed by atoms with Crippen LogP contribution < -0.4 is 5.11 Å². The van der Waals surface area contributed by atoms with E-state index in [1.54, 1.807) is 0 Å². The zero-order valence-electron chi connectivity index (χ0n) is 3.23. The van der Waals surface area contributed by atoms with Crippen LogP contribution in [0.1, 0.15) is 0 Å². The zero-order valence-corrected chi connectivity index (χ0v) is 6.06. The second-order valence-corrected chi connectivity index (χ2v) is 0. The Hall–Kier alpha value is 1.45. The predicted molar refractivity (Wildman–Crippen MR) is 18.1 cm³/mol. The molecule has 2 nitrogen and oxygen atoms in total. The third kappa shape index (κ3) is 30.8. The van der Waals surface area contributed by atoms with Gasteiger partial charge in [-0.2, -0.15) is 7.11 Å². The fourth-order valence-electron chi connectivity index (χ4n) is 0. The average molecular weight is 95.6 g/mol. The van der Waals surface area contributed by atoms with Gasteiger partial charge < -0.3 is 10.6 Å². The zero-order chi connectivity index (χ0) is 2.00. The summed E-state index contributed by atoms with van der Waals surface area (Å²) in [5.74, 6) is 0. The summed E-state index contributed by atoms with van der Waals surface area (Å²) in [5, 5.41) is 8.25. The first-order valence-electron chi connectivity index (χ1n) is 0.408. The Morgan fingerprint density at radius 1 is 1.00 bits per heavy atom. The van der Waals surface area contributed by atoms with Gasteiger partial charge >= 0.3 is 46.1 Å². The summed E-state index contributed by atoms with van der Waals surface area (Å²) in [4.78, 5) is 0. The molecular formula is CH3Mg2O2+. The van der Waals surface area contributed by atoms with Gasteiger partial charge in [0, 0.05) is 0 Å². The van der Waals surface area contributed by atoms with Crippen LogP contribution in [0.5, 0.6) is 0 Å². The van der Waals surface area contributed by atoms with Gasteiger partial charge in [0.25, 0.3) is 0 Å². The molecule has 0 saturated heterocycles. The quantitative estimate of drug-likeness (QED) is 0.324. The molecule has 0 unspecified atom stereocenters. The van der Waals surface area contributed by atoms with Crippen molar-refractivity contribution in [3.63, 3.8) is 0 Å². The fourth-order valence-corrected chi connectivity index (χ4v) is 0. The van der Waals surface area contributed by atoms with Crippen molar-refractivity contribution in [3.8, 4) is 0 Å². The smallest absolute Gasteiger partial charge is 2.00 e. The fraction of sp³-hybridized carbons (Fsp3) is 1.00. The summed E-state index contributed by atoms with van der Waals surface area (Å²) in [7, 11) is 0.750. The van der Waals surface area contributed by atoms with Gasteiger partial charge in [0.15, 0.2) is 0 Å². The van der Waals surface area contributed by atoms with E-state index >= 15 is 0 Å². The molecule has 0 aliphatic heterocycles. The molecule has 0 N–H and O–H groups in total. The minimum Gasteiger partial charge on any atom is -2.00 e. The van der Waals surface area contributed by atoms with Gasteiger partial charge in [-0.3, -0.25) is 0 Å². The molecule has 0 aromatic rings. The Balaban J connectivity index is -0.00000000167. The molecule has 0 saturated carbocycles. The van der Waals surface area contributed by atoms with Crippen molar-refractivity contribution in [2.24, 2.45) is 0 Å². The molecule has 0 radical (unpaired) electrons. The standard InChI is InChI=1S/CH3O.2Mg.O/c1-2;;;/h1H3;;;/q-1;2*+2;-2. The van der Waals surface area contributed by atoms with Crippen molar-refractivity contribution >= 4 is 46.1 Å². The average Bonchev–Trinajstić information content (AvgIpc) is 1.00. The van der Waals surface area contributed by atoms with Crippen molar-refractivity contribution in [3.05, 3.63) is 0 Å². The van der Waals surface area contributed by atoms with Gasteiger partial charge in [-0.15, -0.1) is 0 Å². The molecule has 0 aromatic carbocycles. The molecule has 5 heavy (non-hydrogen) atoms. The minimum absolute atomic E-state index is 0. The van der Waals surface area contributed by atoms with Crippen molar-refractivity contribution in [2.75, 3.05) is 7.11 Å². The predicted octanol–water partition coefficient (Wildman–Crippen LogP) is -1.90.